The fourth-order valence-corrected chi connectivity index (χ4v) is 11.3. The van der Waals surface area contributed by atoms with Crippen LogP contribution in [-0.4, -0.2) is 89.8 Å². The quantitative estimate of drug-likeness (QED) is 0.115. The van der Waals surface area contributed by atoms with Gasteiger partial charge in [0, 0.05) is 44.0 Å². The number of rotatable bonds is 9. The number of aliphatic hydroxyl groups excluding tert-OH is 1. The molecule has 1 aliphatic carbocycles. The molecule has 12 nitrogen and oxygen atoms in total. The maximum atomic E-state index is 16.1. The number of hydrogen-bond donors (Lipinski definition) is 2. The van der Waals surface area contributed by atoms with Gasteiger partial charge in [-0.25, -0.2) is 0 Å². The van der Waals surface area contributed by atoms with E-state index in [1.54, 1.807) is 0 Å². The molecule has 0 radical (unpaired) electrons. The highest BCUT2D eigenvalue weighted by Crippen LogP contribution is 2.65. The van der Waals surface area contributed by atoms with E-state index in [4.69, 9.17) is 18.9 Å². The van der Waals surface area contributed by atoms with Gasteiger partial charge in [-0.05, 0) is 102 Å². The summed E-state index contributed by atoms with van der Waals surface area (Å²) in [6.07, 6.45) is 5.56. The smallest absolute Gasteiger partial charge is 0.324 e. The SMILES string of the molecule is O=C1OC(c2ccccc2)C(c2ccccc2)N2C1C(C(=O)N1CCN(Cc3ccc4c(c3)OCO4)CC1)C1(C(=O)Nc3ccc(C#CC4=CCCCC4)cc31)C2c1cccc(OCCO)c1. The number of amides is 2. The first-order chi connectivity index (χ1) is 32.9. The van der Waals surface area contributed by atoms with Crippen LogP contribution in [0.25, 0.3) is 0 Å². The highest BCUT2D eigenvalue weighted by atomic mass is 16.7. The van der Waals surface area contributed by atoms with E-state index < -0.39 is 41.5 Å². The van der Waals surface area contributed by atoms with Crippen molar-refractivity contribution in [1.82, 2.24) is 14.7 Å². The van der Waals surface area contributed by atoms with Crippen molar-refractivity contribution in [2.24, 2.45) is 5.92 Å². The van der Waals surface area contributed by atoms with Gasteiger partial charge in [-0.1, -0.05) is 96.8 Å². The van der Waals surface area contributed by atoms with Crippen LogP contribution in [0.15, 0.2) is 133 Å². The third kappa shape index (κ3) is 7.71. The van der Waals surface area contributed by atoms with Crippen molar-refractivity contribution >= 4 is 23.5 Å². The van der Waals surface area contributed by atoms with Crippen molar-refractivity contribution in [2.45, 2.75) is 61.9 Å². The lowest BCUT2D eigenvalue weighted by atomic mass is 9.65. The third-order valence-electron chi connectivity index (χ3n) is 14.3. The number of nitrogens with zero attached hydrogens (tertiary/aromatic N) is 3. The fraction of sp³-hybridized carbons (Fsp3) is 0.327. The molecule has 6 atom stereocenters. The summed E-state index contributed by atoms with van der Waals surface area (Å²) in [4.78, 5) is 53.5. The molecular weight excluding hydrogens is 845 g/mol. The number of hydrogen-bond acceptors (Lipinski definition) is 10. The molecule has 0 aromatic heterocycles. The molecule has 5 aromatic rings. The first kappa shape index (κ1) is 42.7. The fourth-order valence-electron chi connectivity index (χ4n) is 11.3. The Morgan fingerprint density at radius 2 is 1.57 bits per heavy atom. The number of fused-ring (bicyclic) bond motifs is 4. The summed E-state index contributed by atoms with van der Waals surface area (Å²) >= 11 is 0. The molecule has 0 saturated carbocycles. The van der Waals surface area contributed by atoms with Crippen LogP contribution in [0.3, 0.4) is 0 Å². The summed E-state index contributed by atoms with van der Waals surface area (Å²) in [6, 6.07) is 36.1. The van der Waals surface area contributed by atoms with Gasteiger partial charge >= 0.3 is 5.97 Å². The topological polar surface area (TPSA) is 130 Å². The van der Waals surface area contributed by atoms with Crippen LogP contribution >= 0.6 is 0 Å². The summed E-state index contributed by atoms with van der Waals surface area (Å²) in [6.45, 7) is 2.65. The zero-order valence-electron chi connectivity index (χ0n) is 37.1. The maximum Gasteiger partial charge on any atom is 0.324 e. The molecule has 6 unspecified atom stereocenters. The van der Waals surface area contributed by atoms with Gasteiger partial charge in [0.25, 0.3) is 0 Å². The Morgan fingerprint density at radius 3 is 2.34 bits per heavy atom. The standard InChI is InChI=1S/C55H52N4O8/c60-29-30-64-42-18-10-17-41(33-42)51-55(43-31-37(21-23-44(43)56-54(55)63)20-19-36-11-4-1-5-12-36)47(52(61)58-27-25-57(26-28-58)34-38-22-24-45-46(32-38)66-35-65-45)49-53(62)67-50(40-15-8-3-9-16-40)48(59(49)51)39-13-6-2-7-14-39/h2-3,6-11,13-18,21-24,31-33,47-51,60H,1,4-5,12,25-30,34-35H2,(H,56,63). The number of benzene rings is 5. The van der Waals surface area contributed by atoms with Crippen LogP contribution < -0.4 is 19.5 Å². The molecule has 5 aliphatic heterocycles. The molecule has 5 aromatic carbocycles. The molecule has 6 aliphatic rings. The Hall–Kier alpha value is -6.91. The van der Waals surface area contributed by atoms with E-state index in [1.165, 1.54) is 0 Å². The molecule has 2 amide bonds. The zero-order chi connectivity index (χ0) is 45.5. The Labute approximate surface area is 390 Å². The normalized spacial score (nSPS) is 25.4. The number of carbonyl (C=O) groups excluding carboxylic acids is 3. The van der Waals surface area contributed by atoms with Crippen LogP contribution in [0, 0.1) is 17.8 Å². The Morgan fingerprint density at radius 1 is 0.791 bits per heavy atom. The summed E-state index contributed by atoms with van der Waals surface area (Å²) in [5.41, 5.74) is 4.73. The first-order valence-corrected chi connectivity index (χ1v) is 23.4. The molecule has 5 heterocycles. The number of cyclic esters (lactones) is 1. The van der Waals surface area contributed by atoms with E-state index in [9.17, 15) is 5.11 Å². The zero-order valence-corrected chi connectivity index (χ0v) is 37.1. The van der Waals surface area contributed by atoms with Gasteiger partial charge in [0.1, 0.15) is 29.9 Å². The predicted octanol–water partition coefficient (Wildman–Crippen LogP) is 7.25. The molecule has 67 heavy (non-hydrogen) atoms. The molecule has 3 saturated heterocycles. The molecule has 340 valence electrons. The second kappa shape index (κ2) is 18.1. The van der Waals surface area contributed by atoms with Crippen molar-refractivity contribution in [1.29, 1.82) is 0 Å². The Bertz CT molecular complexity index is 2800. The van der Waals surface area contributed by atoms with Crippen LogP contribution in [0.2, 0.25) is 0 Å². The van der Waals surface area contributed by atoms with Crippen molar-refractivity contribution in [2.75, 3.05) is 51.5 Å². The number of esters is 1. The van der Waals surface area contributed by atoms with Crippen molar-refractivity contribution in [3.05, 3.63) is 166 Å². The molecule has 11 rings (SSSR count). The van der Waals surface area contributed by atoms with E-state index in [0.29, 0.717) is 60.9 Å². The Kier molecular flexibility index (Phi) is 11.5. The molecule has 1 spiro atoms. The second-order valence-electron chi connectivity index (χ2n) is 18.1. The number of aliphatic hydroxyl groups is 1. The van der Waals surface area contributed by atoms with Gasteiger partial charge in [-0.15, -0.1) is 0 Å². The minimum absolute atomic E-state index is 0.0597. The summed E-state index contributed by atoms with van der Waals surface area (Å²) in [7, 11) is 0. The lowest BCUT2D eigenvalue weighted by Gasteiger charge is -2.46. The summed E-state index contributed by atoms with van der Waals surface area (Å²) < 4.78 is 23.9. The van der Waals surface area contributed by atoms with Crippen LogP contribution in [0.1, 0.15) is 77.3 Å². The van der Waals surface area contributed by atoms with Gasteiger partial charge < -0.3 is 34.3 Å². The van der Waals surface area contributed by atoms with E-state index in [-0.39, 0.29) is 31.8 Å². The van der Waals surface area contributed by atoms with E-state index in [1.807, 2.05) is 126 Å². The van der Waals surface area contributed by atoms with Gasteiger partial charge in [0.15, 0.2) is 11.5 Å². The van der Waals surface area contributed by atoms with Crippen LogP contribution in [0.4, 0.5) is 5.69 Å². The number of anilines is 1. The number of morpholine rings is 1. The lowest BCUT2D eigenvalue weighted by Crippen LogP contribution is -2.58. The summed E-state index contributed by atoms with van der Waals surface area (Å²) in [5.74, 6) is 6.30. The van der Waals surface area contributed by atoms with Crippen molar-refractivity contribution in [3.63, 3.8) is 0 Å². The minimum Gasteiger partial charge on any atom is -0.491 e. The summed E-state index contributed by atoms with van der Waals surface area (Å²) in [5, 5.41) is 13.0. The highest BCUT2D eigenvalue weighted by molar-refractivity contribution is 6.12. The Balaban J connectivity index is 1.08. The maximum absolute atomic E-state index is 16.1. The average Bonchev–Trinajstić information content (AvgIpc) is 4.06. The van der Waals surface area contributed by atoms with E-state index in [0.717, 1.165) is 59.4 Å². The number of ether oxygens (including phenoxy) is 4. The van der Waals surface area contributed by atoms with E-state index in [2.05, 4.69) is 33.0 Å². The third-order valence-corrected chi connectivity index (χ3v) is 14.3. The predicted molar refractivity (Wildman–Crippen MR) is 250 cm³/mol. The largest absolute Gasteiger partial charge is 0.491 e. The average molecular weight is 897 g/mol. The molecule has 3 fully saturated rings. The van der Waals surface area contributed by atoms with Gasteiger partial charge in [-0.3, -0.25) is 24.2 Å². The highest BCUT2D eigenvalue weighted by Gasteiger charge is 2.74. The molecular formula is C55H52N4O8. The van der Waals surface area contributed by atoms with Crippen LogP contribution in [-0.2, 0) is 31.1 Å². The minimum atomic E-state index is -1.66. The lowest BCUT2D eigenvalue weighted by molar-refractivity contribution is -0.179. The number of nitrogens with one attached hydrogen (secondary N) is 1. The second-order valence-corrected chi connectivity index (χ2v) is 18.1. The number of piperazine rings is 1. The van der Waals surface area contributed by atoms with Gasteiger partial charge in [0.2, 0.25) is 18.6 Å². The van der Waals surface area contributed by atoms with Gasteiger partial charge in [0.05, 0.1) is 24.6 Å². The van der Waals surface area contributed by atoms with Crippen molar-refractivity contribution < 1.29 is 38.4 Å². The molecule has 12 heteroatoms. The van der Waals surface area contributed by atoms with Crippen molar-refractivity contribution in [3.8, 4) is 29.1 Å². The van der Waals surface area contributed by atoms with E-state index >= 15 is 14.4 Å². The van der Waals surface area contributed by atoms with Gasteiger partial charge in [-0.2, -0.15) is 0 Å². The number of allylic oxidation sites excluding steroid dienone is 2. The number of carbonyl (C=O) groups is 3. The monoisotopic (exact) mass is 896 g/mol. The first-order valence-electron chi connectivity index (χ1n) is 23.4. The van der Waals surface area contributed by atoms with Crippen LogP contribution in [0.5, 0.6) is 17.2 Å². The molecule has 2 N–H and O–H groups in total. The molecule has 0 bridgehead atoms.